The van der Waals surface area contributed by atoms with Crippen LogP contribution in [0.3, 0.4) is 0 Å². The van der Waals surface area contributed by atoms with Gasteiger partial charge in [0.2, 0.25) is 0 Å². The number of aromatic amines is 1. The van der Waals surface area contributed by atoms with Crippen LogP contribution in [0.2, 0.25) is 0 Å². The standard InChI is InChI=1S/C20H21N5O2/c21-11-18-23-19(25-24-18)14-7-9-15(10-8-14)22-20(26)16-3-1-2-4-17(16)27-12-13-5-6-13/h1-4,7-10,13H,5-6,11-12,21H2,(H,22,26)(H,23,24,25). The van der Waals surface area contributed by atoms with Crippen LogP contribution in [-0.4, -0.2) is 27.7 Å². The molecule has 4 rings (SSSR count). The first-order valence-electron chi connectivity index (χ1n) is 8.98. The number of carbonyl (C=O) groups excluding carboxylic acids is 1. The van der Waals surface area contributed by atoms with Gasteiger partial charge in [-0.05, 0) is 55.2 Å². The minimum absolute atomic E-state index is 0.197. The van der Waals surface area contributed by atoms with Gasteiger partial charge < -0.3 is 15.8 Å². The van der Waals surface area contributed by atoms with Crippen LogP contribution in [0.1, 0.15) is 29.0 Å². The van der Waals surface area contributed by atoms with Gasteiger partial charge in [-0.2, -0.15) is 5.10 Å². The van der Waals surface area contributed by atoms with E-state index in [4.69, 9.17) is 10.5 Å². The zero-order chi connectivity index (χ0) is 18.6. The van der Waals surface area contributed by atoms with Gasteiger partial charge in [-0.15, -0.1) is 0 Å². The third-order valence-corrected chi connectivity index (χ3v) is 4.43. The van der Waals surface area contributed by atoms with Crippen LogP contribution >= 0.6 is 0 Å². The number of H-pyrrole nitrogens is 1. The predicted molar refractivity (Wildman–Crippen MR) is 102 cm³/mol. The molecule has 0 atom stereocenters. The van der Waals surface area contributed by atoms with Gasteiger partial charge in [0.05, 0.1) is 18.7 Å². The maximum absolute atomic E-state index is 12.7. The zero-order valence-electron chi connectivity index (χ0n) is 14.8. The normalized spacial score (nSPS) is 13.4. The quantitative estimate of drug-likeness (QED) is 0.598. The molecule has 0 unspecified atom stereocenters. The van der Waals surface area contributed by atoms with Crippen molar-refractivity contribution in [2.24, 2.45) is 11.7 Å². The van der Waals surface area contributed by atoms with Gasteiger partial charge in [-0.3, -0.25) is 9.89 Å². The van der Waals surface area contributed by atoms with Crippen molar-refractivity contribution in [2.75, 3.05) is 11.9 Å². The molecule has 3 aromatic rings. The van der Waals surface area contributed by atoms with E-state index in [0.29, 0.717) is 47.7 Å². The monoisotopic (exact) mass is 363 g/mol. The van der Waals surface area contributed by atoms with Crippen LogP contribution in [-0.2, 0) is 6.54 Å². The zero-order valence-corrected chi connectivity index (χ0v) is 14.8. The SMILES string of the molecule is NCc1nc(-c2ccc(NC(=O)c3ccccc3OCC3CC3)cc2)n[nH]1. The molecule has 1 aromatic heterocycles. The summed E-state index contributed by atoms with van der Waals surface area (Å²) >= 11 is 0. The number of ether oxygens (including phenoxy) is 1. The van der Waals surface area contributed by atoms with E-state index in [1.165, 1.54) is 12.8 Å². The Kier molecular flexibility index (Phi) is 4.84. The van der Waals surface area contributed by atoms with Crippen LogP contribution in [0.4, 0.5) is 5.69 Å². The molecule has 7 heteroatoms. The summed E-state index contributed by atoms with van der Waals surface area (Å²) in [5.74, 6) is 2.26. The molecular formula is C20H21N5O2. The molecule has 0 saturated heterocycles. The average Bonchev–Trinajstić information content (AvgIpc) is 3.41. The molecule has 4 N–H and O–H groups in total. The van der Waals surface area contributed by atoms with Gasteiger partial charge in [0.15, 0.2) is 5.82 Å². The lowest BCUT2D eigenvalue weighted by Gasteiger charge is -2.11. The molecule has 0 aliphatic heterocycles. The fourth-order valence-corrected chi connectivity index (χ4v) is 2.69. The number of rotatable bonds is 7. The Balaban J connectivity index is 1.45. The van der Waals surface area contributed by atoms with Crippen molar-refractivity contribution in [2.45, 2.75) is 19.4 Å². The number of hydrogen-bond donors (Lipinski definition) is 3. The summed E-state index contributed by atoms with van der Waals surface area (Å²) in [6.07, 6.45) is 2.41. The number of nitrogens with zero attached hydrogens (tertiary/aromatic N) is 2. The van der Waals surface area contributed by atoms with Crippen LogP contribution < -0.4 is 15.8 Å². The Labute approximate surface area is 157 Å². The second kappa shape index (κ2) is 7.59. The Bertz CT molecular complexity index is 932. The summed E-state index contributed by atoms with van der Waals surface area (Å²) in [6.45, 7) is 0.976. The topological polar surface area (TPSA) is 106 Å². The maximum atomic E-state index is 12.7. The second-order valence-corrected chi connectivity index (χ2v) is 6.59. The molecule has 1 aliphatic rings. The summed E-state index contributed by atoms with van der Waals surface area (Å²) in [7, 11) is 0. The number of aromatic nitrogens is 3. The Morgan fingerprint density at radius 1 is 1.19 bits per heavy atom. The highest BCUT2D eigenvalue weighted by Gasteiger charge is 2.23. The fourth-order valence-electron chi connectivity index (χ4n) is 2.69. The smallest absolute Gasteiger partial charge is 0.259 e. The molecule has 27 heavy (non-hydrogen) atoms. The Morgan fingerprint density at radius 2 is 1.96 bits per heavy atom. The summed E-state index contributed by atoms with van der Waals surface area (Å²) in [5.41, 5.74) is 7.60. The maximum Gasteiger partial charge on any atom is 0.259 e. The molecule has 1 fully saturated rings. The van der Waals surface area contributed by atoms with E-state index in [1.807, 2.05) is 42.5 Å². The lowest BCUT2D eigenvalue weighted by Crippen LogP contribution is -2.14. The van der Waals surface area contributed by atoms with Gasteiger partial charge >= 0.3 is 0 Å². The molecule has 1 heterocycles. The second-order valence-electron chi connectivity index (χ2n) is 6.59. The number of hydrogen-bond acceptors (Lipinski definition) is 5. The highest BCUT2D eigenvalue weighted by Crippen LogP contribution is 2.30. The first kappa shape index (κ1) is 17.2. The third kappa shape index (κ3) is 4.15. The highest BCUT2D eigenvalue weighted by atomic mass is 16.5. The number of nitrogens with two attached hydrogens (primary N) is 1. The van der Waals surface area contributed by atoms with Crippen molar-refractivity contribution in [1.82, 2.24) is 15.2 Å². The van der Waals surface area contributed by atoms with E-state index in [1.54, 1.807) is 6.07 Å². The van der Waals surface area contributed by atoms with E-state index in [2.05, 4.69) is 20.5 Å². The first-order valence-corrected chi connectivity index (χ1v) is 8.98. The van der Waals surface area contributed by atoms with Crippen LogP contribution in [0.25, 0.3) is 11.4 Å². The molecule has 1 aliphatic carbocycles. The molecule has 0 radical (unpaired) electrons. The van der Waals surface area contributed by atoms with E-state index in [0.717, 1.165) is 5.56 Å². The molecule has 7 nitrogen and oxygen atoms in total. The molecule has 0 spiro atoms. The van der Waals surface area contributed by atoms with Gasteiger partial charge in [0.25, 0.3) is 5.91 Å². The summed E-state index contributed by atoms with van der Waals surface area (Å²) < 4.78 is 5.82. The molecular weight excluding hydrogens is 342 g/mol. The minimum Gasteiger partial charge on any atom is -0.492 e. The van der Waals surface area contributed by atoms with Gasteiger partial charge in [-0.25, -0.2) is 4.98 Å². The molecule has 2 aromatic carbocycles. The number of para-hydroxylation sites is 1. The van der Waals surface area contributed by atoms with E-state index in [-0.39, 0.29) is 5.91 Å². The Hall–Kier alpha value is -3.19. The number of amides is 1. The lowest BCUT2D eigenvalue weighted by atomic mass is 10.1. The van der Waals surface area contributed by atoms with E-state index >= 15 is 0 Å². The van der Waals surface area contributed by atoms with Crippen LogP contribution in [0, 0.1) is 5.92 Å². The van der Waals surface area contributed by atoms with E-state index in [9.17, 15) is 4.79 Å². The van der Waals surface area contributed by atoms with Crippen molar-refractivity contribution in [3.63, 3.8) is 0 Å². The number of benzene rings is 2. The molecule has 0 bridgehead atoms. The summed E-state index contributed by atoms with van der Waals surface area (Å²) in [6, 6.07) is 14.7. The van der Waals surface area contributed by atoms with Gasteiger partial charge in [0.1, 0.15) is 11.6 Å². The average molecular weight is 363 g/mol. The van der Waals surface area contributed by atoms with Crippen LogP contribution in [0.15, 0.2) is 48.5 Å². The third-order valence-electron chi connectivity index (χ3n) is 4.43. The lowest BCUT2D eigenvalue weighted by molar-refractivity contribution is 0.102. The van der Waals surface area contributed by atoms with E-state index < -0.39 is 0 Å². The van der Waals surface area contributed by atoms with Gasteiger partial charge in [0, 0.05) is 11.3 Å². The van der Waals surface area contributed by atoms with Crippen molar-refractivity contribution < 1.29 is 9.53 Å². The predicted octanol–water partition coefficient (Wildman–Crippen LogP) is 2.97. The number of carbonyl (C=O) groups is 1. The fraction of sp³-hybridized carbons (Fsp3) is 0.250. The van der Waals surface area contributed by atoms with Crippen molar-refractivity contribution in [3.05, 3.63) is 59.9 Å². The van der Waals surface area contributed by atoms with Crippen molar-refractivity contribution in [1.29, 1.82) is 0 Å². The van der Waals surface area contributed by atoms with Crippen molar-refractivity contribution in [3.8, 4) is 17.1 Å². The van der Waals surface area contributed by atoms with Crippen LogP contribution in [0.5, 0.6) is 5.75 Å². The van der Waals surface area contributed by atoms with Gasteiger partial charge in [-0.1, -0.05) is 12.1 Å². The largest absolute Gasteiger partial charge is 0.492 e. The first-order chi connectivity index (χ1) is 13.2. The highest BCUT2D eigenvalue weighted by molar-refractivity contribution is 6.06. The molecule has 138 valence electrons. The molecule has 1 amide bonds. The minimum atomic E-state index is -0.197. The summed E-state index contributed by atoms with van der Waals surface area (Å²) in [4.78, 5) is 17.0. The Morgan fingerprint density at radius 3 is 2.67 bits per heavy atom. The summed E-state index contributed by atoms with van der Waals surface area (Å²) in [5, 5.41) is 9.82. The molecule has 1 saturated carbocycles. The number of anilines is 1. The van der Waals surface area contributed by atoms with Crippen molar-refractivity contribution >= 4 is 11.6 Å². The number of nitrogens with one attached hydrogen (secondary N) is 2.